The largest absolute Gasteiger partial charge is 0.369 e. The third-order valence-corrected chi connectivity index (χ3v) is 3.69. The second-order valence-corrected chi connectivity index (χ2v) is 5.98. The minimum absolute atomic E-state index is 0.0375. The van der Waals surface area contributed by atoms with Gasteiger partial charge in [0.1, 0.15) is 6.61 Å². The van der Waals surface area contributed by atoms with Crippen molar-refractivity contribution >= 4 is 5.91 Å². The van der Waals surface area contributed by atoms with Gasteiger partial charge >= 0.3 is 0 Å². The van der Waals surface area contributed by atoms with Crippen LogP contribution in [0.5, 0.6) is 0 Å². The van der Waals surface area contributed by atoms with E-state index in [1.807, 2.05) is 0 Å². The van der Waals surface area contributed by atoms with E-state index in [-0.39, 0.29) is 23.6 Å². The first-order chi connectivity index (χ1) is 7.41. The summed E-state index contributed by atoms with van der Waals surface area (Å²) in [5.41, 5.74) is 0.137. The first kappa shape index (κ1) is 11.9. The van der Waals surface area contributed by atoms with Gasteiger partial charge in [-0.1, -0.05) is 0 Å². The molecule has 0 unspecified atom stereocenters. The number of morpholine rings is 1. The molecule has 1 N–H and O–H groups in total. The number of hydrogen-bond acceptors (Lipinski definition) is 3. The molecule has 0 atom stereocenters. The molecule has 0 bridgehead atoms. The van der Waals surface area contributed by atoms with Crippen LogP contribution in [0.15, 0.2) is 0 Å². The zero-order chi connectivity index (χ0) is 11.8. The summed E-state index contributed by atoms with van der Waals surface area (Å²) >= 11 is 0. The van der Waals surface area contributed by atoms with Gasteiger partial charge in [-0.15, -0.1) is 0 Å². The SMILES string of the molecule is CC(C)(C)N1CCC2(CC1)COCC(=O)N2. The summed E-state index contributed by atoms with van der Waals surface area (Å²) < 4.78 is 5.37. The van der Waals surface area contributed by atoms with Gasteiger partial charge in [-0.25, -0.2) is 0 Å². The van der Waals surface area contributed by atoms with E-state index in [0.29, 0.717) is 6.61 Å². The van der Waals surface area contributed by atoms with E-state index in [1.54, 1.807) is 0 Å². The summed E-state index contributed by atoms with van der Waals surface area (Å²) in [5, 5.41) is 3.11. The molecule has 2 fully saturated rings. The van der Waals surface area contributed by atoms with Crippen molar-refractivity contribution in [3.8, 4) is 0 Å². The Hall–Kier alpha value is -0.610. The Bertz CT molecular complexity index is 275. The summed E-state index contributed by atoms with van der Waals surface area (Å²) in [4.78, 5) is 13.8. The molecule has 2 heterocycles. The minimum Gasteiger partial charge on any atom is -0.369 e. The molecule has 1 amide bonds. The Morgan fingerprint density at radius 2 is 1.94 bits per heavy atom. The fourth-order valence-electron chi connectivity index (χ4n) is 2.58. The zero-order valence-corrected chi connectivity index (χ0v) is 10.5. The molecule has 1 spiro atoms. The first-order valence-electron chi connectivity index (χ1n) is 6.05. The van der Waals surface area contributed by atoms with Crippen molar-refractivity contribution in [2.45, 2.75) is 44.7 Å². The average molecular weight is 226 g/mol. The minimum atomic E-state index is -0.0862. The van der Waals surface area contributed by atoms with Crippen LogP contribution in [0.25, 0.3) is 0 Å². The molecule has 0 aromatic carbocycles. The molecule has 0 aromatic heterocycles. The fraction of sp³-hybridized carbons (Fsp3) is 0.917. The number of carbonyl (C=O) groups is 1. The van der Waals surface area contributed by atoms with Crippen LogP contribution in [0.3, 0.4) is 0 Å². The van der Waals surface area contributed by atoms with Gasteiger partial charge in [0.05, 0.1) is 12.1 Å². The maximum absolute atomic E-state index is 11.4. The highest BCUT2D eigenvalue weighted by molar-refractivity contribution is 5.78. The Labute approximate surface area is 97.3 Å². The topological polar surface area (TPSA) is 41.6 Å². The van der Waals surface area contributed by atoms with Gasteiger partial charge in [0.15, 0.2) is 0 Å². The zero-order valence-electron chi connectivity index (χ0n) is 10.5. The third kappa shape index (κ3) is 2.38. The van der Waals surface area contributed by atoms with Crippen LogP contribution in [0.4, 0.5) is 0 Å². The summed E-state index contributed by atoms with van der Waals surface area (Å²) in [6.45, 7) is 9.69. The van der Waals surface area contributed by atoms with Crippen molar-refractivity contribution in [2.75, 3.05) is 26.3 Å². The van der Waals surface area contributed by atoms with E-state index in [1.165, 1.54) is 0 Å². The number of ether oxygens (including phenoxy) is 1. The van der Waals surface area contributed by atoms with Gasteiger partial charge in [-0.2, -0.15) is 0 Å². The molecule has 4 nitrogen and oxygen atoms in total. The first-order valence-corrected chi connectivity index (χ1v) is 6.05. The summed E-state index contributed by atoms with van der Waals surface area (Å²) in [7, 11) is 0. The van der Waals surface area contributed by atoms with Gasteiger partial charge in [0.2, 0.25) is 5.91 Å². The van der Waals surface area contributed by atoms with Crippen LogP contribution in [-0.4, -0.2) is 48.2 Å². The van der Waals surface area contributed by atoms with Gasteiger partial charge < -0.3 is 10.1 Å². The highest BCUT2D eigenvalue weighted by Gasteiger charge is 2.40. The van der Waals surface area contributed by atoms with Gasteiger partial charge in [0, 0.05) is 18.6 Å². The highest BCUT2D eigenvalue weighted by Crippen LogP contribution is 2.28. The van der Waals surface area contributed by atoms with E-state index in [9.17, 15) is 4.79 Å². The average Bonchev–Trinajstić information content (AvgIpc) is 2.16. The molecule has 0 saturated carbocycles. The van der Waals surface area contributed by atoms with Crippen LogP contribution in [-0.2, 0) is 9.53 Å². The maximum atomic E-state index is 11.4. The molecule has 0 radical (unpaired) electrons. The normalized spacial score (nSPS) is 26.8. The van der Waals surface area contributed by atoms with Crippen LogP contribution in [0.1, 0.15) is 33.6 Å². The van der Waals surface area contributed by atoms with Crippen LogP contribution in [0.2, 0.25) is 0 Å². The number of carbonyl (C=O) groups excluding carboxylic acids is 1. The van der Waals surface area contributed by atoms with Crippen molar-refractivity contribution in [3.63, 3.8) is 0 Å². The monoisotopic (exact) mass is 226 g/mol. The van der Waals surface area contributed by atoms with Crippen molar-refractivity contribution in [2.24, 2.45) is 0 Å². The number of nitrogens with one attached hydrogen (secondary N) is 1. The molecule has 0 aliphatic carbocycles. The highest BCUT2D eigenvalue weighted by atomic mass is 16.5. The molecule has 2 rings (SSSR count). The number of piperidine rings is 1. The van der Waals surface area contributed by atoms with Crippen molar-refractivity contribution in [1.82, 2.24) is 10.2 Å². The molecule has 4 heteroatoms. The molecule has 92 valence electrons. The quantitative estimate of drug-likeness (QED) is 0.663. The van der Waals surface area contributed by atoms with E-state index in [4.69, 9.17) is 4.74 Å². The standard InChI is InChI=1S/C12H22N2O2/c1-11(2,3)14-6-4-12(5-7-14)9-16-8-10(15)13-12/h4-9H2,1-3H3,(H,13,15). The maximum Gasteiger partial charge on any atom is 0.246 e. The van der Waals surface area contributed by atoms with E-state index in [2.05, 4.69) is 31.0 Å². The third-order valence-electron chi connectivity index (χ3n) is 3.69. The Balaban J connectivity index is 1.96. The number of hydrogen-bond donors (Lipinski definition) is 1. The van der Waals surface area contributed by atoms with Crippen molar-refractivity contribution < 1.29 is 9.53 Å². The summed E-state index contributed by atoms with van der Waals surface area (Å²) in [6.07, 6.45) is 1.99. The van der Waals surface area contributed by atoms with Crippen LogP contribution in [0, 0.1) is 0 Å². The molecular formula is C12H22N2O2. The number of rotatable bonds is 0. The summed E-state index contributed by atoms with van der Waals surface area (Å²) in [5.74, 6) is 0.0375. The van der Waals surface area contributed by atoms with E-state index >= 15 is 0 Å². The Morgan fingerprint density at radius 3 is 2.44 bits per heavy atom. The number of nitrogens with zero attached hydrogens (tertiary/aromatic N) is 1. The van der Waals surface area contributed by atoms with Gasteiger partial charge in [-0.3, -0.25) is 9.69 Å². The smallest absolute Gasteiger partial charge is 0.246 e. The Morgan fingerprint density at radius 1 is 1.31 bits per heavy atom. The summed E-state index contributed by atoms with van der Waals surface area (Å²) in [6, 6.07) is 0. The lowest BCUT2D eigenvalue weighted by atomic mass is 9.85. The molecule has 2 aliphatic rings. The number of likely N-dealkylation sites (tertiary alicyclic amines) is 1. The van der Waals surface area contributed by atoms with Crippen LogP contribution < -0.4 is 5.32 Å². The predicted molar refractivity (Wildman–Crippen MR) is 62.3 cm³/mol. The molecule has 2 aliphatic heterocycles. The molecule has 0 aromatic rings. The van der Waals surface area contributed by atoms with E-state index in [0.717, 1.165) is 25.9 Å². The predicted octanol–water partition coefficient (Wildman–Crippen LogP) is 0.766. The van der Waals surface area contributed by atoms with Crippen molar-refractivity contribution in [1.29, 1.82) is 0 Å². The molecule has 2 saturated heterocycles. The molecule has 16 heavy (non-hydrogen) atoms. The lowest BCUT2D eigenvalue weighted by Gasteiger charge is -2.47. The lowest BCUT2D eigenvalue weighted by Crippen LogP contribution is -2.63. The van der Waals surface area contributed by atoms with Crippen LogP contribution >= 0.6 is 0 Å². The fourth-order valence-corrected chi connectivity index (χ4v) is 2.58. The number of amides is 1. The van der Waals surface area contributed by atoms with E-state index < -0.39 is 0 Å². The van der Waals surface area contributed by atoms with Gasteiger partial charge in [-0.05, 0) is 33.6 Å². The molecular weight excluding hydrogens is 204 g/mol. The second-order valence-electron chi connectivity index (χ2n) is 5.98. The van der Waals surface area contributed by atoms with Crippen molar-refractivity contribution in [3.05, 3.63) is 0 Å². The van der Waals surface area contributed by atoms with Gasteiger partial charge in [0.25, 0.3) is 0 Å². The lowest BCUT2D eigenvalue weighted by molar-refractivity contribution is -0.137. The Kier molecular flexibility index (Phi) is 2.97. The second kappa shape index (κ2) is 4.00.